The predicted molar refractivity (Wildman–Crippen MR) is 68.2 cm³/mol. The SMILES string of the molecule is CCN(CC)CC(=O)c1ccc2nc[nH]c2c1. The van der Waals surface area contributed by atoms with E-state index in [0.717, 1.165) is 29.7 Å². The number of Topliss-reactive ketones (excluding diaryl/α,β-unsaturated/α-hetero) is 1. The summed E-state index contributed by atoms with van der Waals surface area (Å²) in [6.45, 7) is 6.40. The molecule has 0 spiro atoms. The van der Waals surface area contributed by atoms with Gasteiger partial charge in [0, 0.05) is 5.56 Å². The number of rotatable bonds is 5. The van der Waals surface area contributed by atoms with Crippen LogP contribution in [0.4, 0.5) is 0 Å². The first-order valence-corrected chi connectivity index (χ1v) is 5.93. The third-order valence-corrected chi connectivity index (χ3v) is 3.00. The van der Waals surface area contributed by atoms with E-state index in [-0.39, 0.29) is 5.78 Å². The van der Waals surface area contributed by atoms with Crippen molar-refractivity contribution in [2.75, 3.05) is 19.6 Å². The molecule has 0 fully saturated rings. The highest BCUT2D eigenvalue weighted by Gasteiger charge is 2.10. The van der Waals surface area contributed by atoms with Crippen molar-refractivity contribution >= 4 is 16.8 Å². The fourth-order valence-corrected chi connectivity index (χ4v) is 1.85. The zero-order valence-corrected chi connectivity index (χ0v) is 10.2. The van der Waals surface area contributed by atoms with Gasteiger partial charge in [0.15, 0.2) is 5.78 Å². The highest BCUT2D eigenvalue weighted by atomic mass is 16.1. The van der Waals surface area contributed by atoms with Gasteiger partial charge in [0.2, 0.25) is 0 Å². The molecule has 0 aliphatic carbocycles. The molecule has 0 aliphatic heterocycles. The molecule has 4 nitrogen and oxygen atoms in total. The van der Waals surface area contributed by atoms with E-state index in [1.54, 1.807) is 6.33 Å². The molecule has 0 atom stereocenters. The summed E-state index contributed by atoms with van der Waals surface area (Å²) in [6.07, 6.45) is 1.64. The molecule has 0 bridgehead atoms. The van der Waals surface area contributed by atoms with Gasteiger partial charge in [0.05, 0.1) is 23.9 Å². The number of aromatic amines is 1. The van der Waals surface area contributed by atoms with Crippen LogP contribution in [0.2, 0.25) is 0 Å². The molecule has 2 aromatic rings. The Morgan fingerprint density at radius 2 is 2.12 bits per heavy atom. The number of nitrogens with one attached hydrogen (secondary N) is 1. The molecule has 0 amide bonds. The summed E-state index contributed by atoms with van der Waals surface area (Å²) in [4.78, 5) is 21.3. The summed E-state index contributed by atoms with van der Waals surface area (Å²) in [5.41, 5.74) is 2.55. The maximum atomic E-state index is 12.1. The van der Waals surface area contributed by atoms with Crippen molar-refractivity contribution in [2.24, 2.45) is 0 Å². The van der Waals surface area contributed by atoms with Gasteiger partial charge in [-0.15, -0.1) is 0 Å². The van der Waals surface area contributed by atoms with Crippen LogP contribution in [0.25, 0.3) is 11.0 Å². The van der Waals surface area contributed by atoms with E-state index in [9.17, 15) is 4.79 Å². The lowest BCUT2D eigenvalue weighted by Crippen LogP contribution is -2.29. The summed E-state index contributed by atoms with van der Waals surface area (Å²) in [6, 6.07) is 5.59. The Kier molecular flexibility index (Phi) is 3.54. The Labute approximate surface area is 101 Å². The third kappa shape index (κ3) is 2.53. The molecule has 0 saturated carbocycles. The average molecular weight is 231 g/mol. The summed E-state index contributed by atoms with van der Waals surface area (Å²) < 4.78 is 0. The van der Waals surface area contributed by atoms with Crippen LogP contribution in [0, 0.1) is 0 Å². The molecule has 0 radical (unpaired) electrons. The molecular formula is C13H17N3O. The smallest absolute Gasteiger partial charge is 0.176 e. The van der Waals surface area contributed by atoms with Gasteiger partial charge in [-0.05, 0) is 31.3 Å². The Morgan fingerprint density at radius 3 is 2.82 bits per heavy atom. The number of carbonyl (C=O) groups is 1. The number of aromatic nitrogens is 2. The molecule has 17 heavy (non-hydrogen) atoms. The quantitative estimate of drug-likeness (QED) is 0.801. The molecule has 4 heteroatoms. The molecular weight excluding hydrogens is 214 g/mol. The van der Waals surface area contributed by atoms with Crippen molar-refractivity contribution in [2.45, 2.75) is 13.8 Å². The monoisotopic (exact) mass is 231 g/mol. The zero-order chi connectivity index (χ0) is 12.3. The van der Waals surface area contributed by atoms with Crippen LogP contribution in [0.3, 0.4) is 0 Å². The van der Waals surface area contributed by atoms with Crippen molar-refractivity contribution in [3.05, 3.63) is 30.1 Å². The molecule has 90 valence electrons. The van der Waals surface area contributed by atoms with Crippen molar-refractivity contribution < 1.29 is 4.79 Å². The molecule has 0 unspecified atom stereocenters. The lowest BCUT2D eigenvalue weighted by atomic mass is 10.1. The molecule has 0 saturated heterocycles. The fourth-order valence-electron chi connectivity index (χ4n) is 1.85. The number of hydrogen-bond acceptors (Lipinski definition) is 3. The second-order valence-corrected chi connectivity index (χ2v) is 4.02. The second kappa shape index (κ2) is 5.10. The normalized spacial score (nSPS) is 11.2. The summed E-state index contributed by atoms with van der Waals surface area (Å²) in [5, 5.41) is 0. The van der Waals surface area contributed by atoms with E-state index in [1.807, 2.05) is 18.2 Å². The topological polar surface area (TPSA) is 49.0 Å². The van der Waals surface area contributed by atoms with Gasteiger partial charge in [-0.2, -0.15) is 0 Å². The number of fused-ring (bicyclic) bond motifs is 1. The Balaban J connectivity index is 2.18. The van der Waals surface area contributed by atoms with Gasteiger partial charge < -0.3 is 4.98 Å². The van der Waals surface area contributed by atoms with E-state index < -0.39 is 0 Å². The number of carbonyl (C=O) groups excluding carboxylic acids is 1. The molecule has 2 rings (SSSR count). The third-order valence-electron chi connectivity index (χ3n) is 3.00. The van der Waals surface area contributed by atoms with Crippen LogP contribution in [0.5, 0.6) is 0 Å². The highest BCUT2D eigenvalue weighted by molar-refractivity contribution is 6.00. The Bertz CT molecular complexity index is 514. The van der Waals surface area contributed by atoms with Gasteiger partial charge in [-0.1, -0.05) is 13.8 Å². The predicted octanol–water partition coefficient (Wildman–Crippen LogP) is 2.09. The van der Waals surface area contributed by atoms with Crippen molar-refractivity contribution in [3.8, 4) is 0 Å². The van der Waals surface area contributed by atoms with Gasteiger partial charge in [0.25, 0.3) is 0 Å². The molecule has 1 aromatic carbocycles. The summed E-state index contributed by atoms with van der Waals surface area (Å²) in [7, 11) is 0. The highest BCUT2D eigenvalue weighted by Crippen LogP contribution is 2.12. The van der Waals surface area contributed by atoms with E-state index >= 15 is 0 Å². The zero-order valence-electron chi connectivity index (χ0n) is 10.2. The minimum absolute atomic E-state index is 0.158. The van der Waals surface area contributed by atoms with Gasteiger partial charge in [-0.25, -0.2) is 4.98 Å². The van der Waals surface area contributed by atoms with Gasteiger partial charge in [0.1, 0.15) is 0 Å². The maximum Gasteiger partial charge on any atom is 0.176 e. The summed E-state index contributed by atoms with van der Waals surface area (Å²) in [5.74, 6) is 0.158. The maximum absolute atomic E-state index is 12.1. The van der Waals surface area contributed by atoms with Crippen LogP contribution >= 0.6 is 0 Å². The number of hydrogen-bond donors (Lipinski definition) is 1. The molecule has 1 heterocycles. The number of likely N-dealkylation sites (N-methyl/N-ethyl adjacent to an activating group) is 1. The minimum Gasteiger partial charge on any atom is -0.345 e. The first-order chi connectivity index (χ1) is 8.24. The average Bonchev–Trinajstić information content (AvgIpc) is 2.82. The minimum atomic E-state index is 0.158. The summed E-state index contributed by atoms with van der Waals surface area (Å²) >= 11 is 0. The van der Waals surface area contributed by atoms with E-state index in [1.165, 1.54) is 0 Å². The number of imidazole rings is 1. The standard InChI is InChI=1S/C13H17N3O/c1-3-16(4-2)8-13(17)10-5-6-11-12(7-10)15-9-14-11/h5-7,9H,3-4,8H2,1-2H3,(H,14,15). The fraction of sp³-hybridized carbons (Fsp3) is 0.385. The van der Waals surface area contributed by atoms with E-state index in [4.69, 9.17) is 0 Å². The van der Waals surface area contributed by atoms with Crippen molar-refractivity contribution in [1.82, 2.24) is 14.9 Å². The number of benzene rings is 1. The number of nitrogens with zero attached hydrogens (tertiary/aromatic N) is 2. The molecule has 1 N–H and O–H groups in total. The van der Waals surface area contributed by atoms with Crippen LogP contribution in [0.15, 0.2) is 24.5 Å². The molecule has 0 aliphatic rings. The molecule has 1 aromatic heterocycles. The lowest BCUT2D eigenvalue weighted by molar-refractivity contribution is 0.0937. The largest absolute Gasteiger partial charge is 0.345 e. The van der Waals surface area contributed by atoms with E-state index in [2.05, 4.69) is 28.7 Å². The van der Waals surface area contributed by atoms with Crippen molar-refractivity contribution in [3.63, 3.8) is 0 Å². The first-order valence-electron chi connectivity index (χ1n) is 5.93. The van der Waals surface area contributed by atoms with Crippen LogP contribution < -0.4 is 0 Å². The van der Waals surface area contributed by atoms with Crippen LogP contribution in [-0.2, 0) is 0 Å². The Morgan fingerprint density at radius 1 is 1.35 bits per heavy atom. The first kappa shape index (κ1) is 11.8. The van der Waals surface area contributed by atoms with Crippen LogP contribution in [-0.4, -0.2) is 40.3 Å². The Hall–Kier alpha value is -1.68. The van der Waals surface area contributed by atoms with Crippen LogP contribution in [0.1, 0.15) is 24.2 Å². The van der Waals surface area contributed by atoms with Gasteiger partial charge in [-0.3, -0.25) is 9.69 Å². The lowest BCUT2D eigenvalue weighted by Gasteiger charge is -2.16. The number of H-pyrrole nitrogens is 1. The van der Waals surface area contributed by atoms with E-state index in [0.29, 0.717) is 6.54 Å². The van der Waals surface area contributed by atoms with Gasteiger partial charge >= 0.3 is 0 Å². The number of ketones is 1. The van der Waals surface area contributed by atoms with Crippen molar-refractivity contribution in [1.29, 1.82) is 0 Å². The second-order valence-electron chi connectivity index (χ2n) is 4.02.